The van der Waals surface area contributed by atoms with Crippen molar-refractivity contribution < 1.29 is 14.3 Å². The Morgan fingerprint density at radius 3 is 2.68 bits per heavy atom. The predicted molar refractivity (Wildman–Crippen MR) is 87.2 cm³/mol. The van der Waals surface area contributed by atoms with E-state index in [2.05, 4.69) is 36.9 Å². The van der Waals surface area contributed by atoms with E-state index in [4.69, 9.17) is 9.47 Å². The van der Waals surface area contributed by atoms with E-state index in [9.17, 15) is 4.79 Å². The van der Waals surface area contributed by atoms with E-state index in [1.165, 1.54) is 11.1 Å². The lowest BCUT2D eigenvalue weighted by Gasteiger charge is -2.30. The van der Waals surface area contributed by atoms with Crippen molar-refractivity contribution in [1.29, 1.82) is 0 Å². The van der Waals surface area contributed by atoms with Crippen LogP contribution in [0.3, 0.4) is 0 Å². The van der Waals surface area contributed by atoms with E-state index in [-0.39, 0.29) is 11.9 Å². The van der Waals surface area contributed by atoms with Gasteiger partial charge in [0, 0.05) is 6.54 Å². The summed E-state index contributed by atoms with van der Waals surface area (Å²) in [5.41, 5.74) is 2.39. The quantitative estimate of drug-likeness (QED) is 0.758. The molecular weight excluding hydrogens is 278 g/mol. The van der Waals surface area contributed by atoms with E-state index >= 15 is 0 Å². The molecule has 1 fully saturated rings. The van der Waals surface area contributed by atoms with Crippen LogP contribution in [0.1, 0.15) is 30.9 Å². The fraction of sp³-hybridized carbons (Fsp3) is 0.611. The van der Waals surface area contributed by atoms with Gasteiger partial charge in [0.25, 0.3) is 0 Å². The van der Waals surface area contributed by atoms with Crippen LogP contribution in [0, 0.1) is 19.8 Å². The molecule has 1 aromatic carbocycles. The maximum Gasteiger partial charge on any atom is 0.309 e. The number of hydrogen-bond donors (Lipinski definition) is 0. The normalized spacial score (nSPS) is 16.5. The molecule has 1 saturated heterocycles. The lowest BCUT2D eigenvalue weighted by atomic mass is 9.97. The minimum Gasteiger partial charge on any atom is -0.492 e. The average Bonchev–Trinajstić information content (AvgIpc) is 2.51. The molecular formula is C18H27NO3. The summed E-state index contributed by atoms with van der Waals surface area (Å²) in [4.78, 5) is 14.1. The molecule has 0 bridgehead atoms. The van der Waals surface area contributed by atoms with Crippen LogP contribution in [0.5, 0.6) is 5.75 Å². The molecule has 22 heavy (non-hydrogen) atoms. The Labute approximate surface area is 133 Å². The third-order valence-corrected chi connectivity index (χ3v) is 4.22. The Hall–Kier alpha value is -1.55. The molecule has 4 nitrogen and oxygen atoms in total. The van der Waals surface area contributed by atoms with Gasteiger partial charge < -0.3 is 9.47 Å². The molecule has 0 N–H and O–H groups in total. The van der Waals surface area contributed by atoms with Crippen molar-refractivity contribution in [3.05, 3.63) is 29.3 Å². The van der Waals surface area contributed by atoms with E-state index in [1.807, 2.05) is 6.92 Å². The first kappa shape index (κ1) is 16.8. The minimum atomic E-state index is -0.0335. The van der Waals surface area contributed by atoms with E-state index in [0.717, 1.165) is 38.2 Å². The van der Waals surface area contributed by atoms with Crippen molar-refractivity contribution in [1.82, 2.24) is 4.90 Å². The number of hydrogen-bond acceptors (Lipinski definition) is 4. The second kappa shape index (κ2) is 8.18. The Morgan fingerprint density at radius 2 is 2.00 bits per heavy atom. The lowest BCUT2D eigenvalue weighted by molar-refractivity contribution is -0.149. The van der Waals surface area contributed by atoms with Gasteiger partial charge in [-0.15, -0.1) is 0 Å². The monoisotopic (exact) mass is 305 g/mol. The molecule has 1 heterocycles. The van der Waals surface area contributed by atoms with E-state index < -0.39 is 0 Å². The highest BCUT2D eigenvalue weighted by Crippen LogP contribution is 2.20. The third kappa shape index (κ3) is 4.73. The number of likely N-dealkylation sites (tertiary alicyclic amines) is 1. The highest BCUT2D eigenvalue weighted by molar-refractivity contribution is 5.72. The van der Waals surface area contributed by atoms with Gasteiger partial charge in [-0.05, 0) is 63.9 Å². The van der Waals surface area contributed by atoms with Gasteiger partial charge in [-0.2, -0.15) is 0 Å². The summed E-state index contributed by atoms with van der Waals surface area (Å²) >= 11 is 0. The van der Waals surface area contributed by atoms with E-state index in [0.29, 0.717) is 13.2 Å². The molecule has 1 aromatic rings. The summed E-state index contributed by atoms with van der Waals surface area (Å²) in [5.74, 6) is 1.02. The second-order valence-corrected chi connectivity index (χ2v) is 5.99. The number of rotatable bonds is 6. The van der Waals surface area contributed by atoms with Crippen molar-refractivity contribution in [2.75, 3.05) is 32.8 Å². The Kier molecular flexibility index (Phi) is 6.25. The van der Waals surface area contributed by atoms with Crippen LogP contribution >= 0.6 is 0 Å². The van der Waals surface area contributed by atoms with Gasteiger partial charge in [-0.3, -0.25) is 9.69 Å². The first-order valence-electron chi connectivity index (χ1n) is 8.19. The Balaban J connectivity index is 1.71. The van der Waals surface area contributed by atoms with Gasteiger partial charge >= 0.3 is 5.97 Å². The number of esters is 1. The molecule has 4 heteroatoms. The minimum absolute atomic E-state index is 0.0335. The number of piperidine rings is 1. The standard InChI is InChI=1S/C18H27NO3/c1-4-21-18(20)16-7-9-19(10-8-16)11-12-22-17-13-14(2)5-6-15(17)3/h5-6,13,16H,4,7-12H2,1-3H3. The Bertz CT molecular complexity index is 493. The van der Waals surface area contributed by atoms with Crippen LogP contribution in [0.2, 0.25) is 0 Å². The van der Waals surface area contributed by atoms with Gasteiger partial charge in [0.1, 0.15) is 12.4 Å². The highest BCUT2D eigenvalue weighted by atomic mass is 16.5. The molecule has 0 spiro atoms. The smallest absolute Gasteiger partial charge is 0.309 e. The maximum absolute atomic E-state index is 11.7. The fourth-order valence-corrected chi connectivity index (χ4v) is 2.80. The summed E-state index contributed by atoms with van der Waals surface area (Å²) in [6.07, 6.45) is 1.78. The first-order valence-corrected chi connectivity index (χ1v) is 8.19. The number of nitrogens with zero attached hydrogens (tertiary/aromatic N) is 1. The summed E-state index contributed by atoms with van der Waals surface area (Å²) in [7, 11) is 0. The Morgan fingerprint density at radius 1 is 1.27 bits per heavy atom. The molecule has 1 aliphatic heterocycles. The van der Waals surface area contributed by atoms with Gasteiger partial charge in [0.2, 0.25) is 0 Å². The van der Waals surface area contributed by atoms with E-state index in [1.54, 1.807) is 0 Å². The van der Waals surface area contributed by atoms with Crippen LogP contribution in [0.25, 0.3) is 0 Å². The molecule has 0 unspecified atom stereocenters. The number of ether oxygens (including phenoxy) is 2. The van der Waals surface area contributed by atoms with Crippen LogP contribution in [0.15, 0.2) is 18.2 Å². The van der Waals surface area contributed by atoms with Crippen molar-refractivity contribution in [3.8, 4) is 5.75 Å². The molecule has 0 aliphatic carbocycles. The summed E-state index contributed by atoms with van der Waals surface area (Å²) in [6, 6.07) is 6.28. The lowest BCUT2D eigenvalue weighted by Crippen LogP contribution is -2.39. The largest absolute Gasteiger partial charge is 0.492 e. The van der Waals surface area contributed by atoms with Crippen molar-refractivity contribution in [2.45, 2.75) is 33.6 Å². The highest BCUT2D eigenvalue weighted by Gasteiger charge is 2.25. The molecule has 0 amide bonds. The first-order chi connectivity index (χ1) is 10.6. The average molecular weight is 305 g/mol. The molecule has 2 rings (SSSR count). The van der Waals surface area contributed by atoms with Crippen LogP contribution < -0.4 is 4.74 Å². The number of carbonyl (C=O) groups is 1. The summed E-state index contributed by atoms with van der Waals surface area (Å²) < 4.78 is 11.0. The number of carbonyl (C=O) groups excluding carboxylic acids is 1. The summed E-state index contributed by atoms with van der Waals surface area (Å²) in [5, 5.41) is 0. The molecule has 0 radical (unpaired) electrons. The molecule has 0 saturated carbocycles. The topological polar surface area (TPSA) is 38.8 Å². The zero-order valence-electron chi connectivity index (χ0n) is 13.9. The van der Waals surface area contributed by atoms with Crippen molar-refractivity contribution in [2.24, 2.45) is 5.92 Å². The fourth-order valence-electron chi connectivity index (χ4n) is 2.80. The van der Waals surface area contributed by atoms with Crippen LogP contribution in [-0.2, 0) is 9.53 Å². The maximum atomic E-state index is 11.7. The molecule has 0 aromatic heterocycles. The van der Waals surface area contributed by atoms with Crippen molar-refractivity contribution >= 4 is 5.97 Å². The molecule has 1 aliphatic rings. The van der Waals surface area contributed by atoms with Crippen molar-refractivity contribution in [3.63, 3.8) is 0 Å². The van der Waals surface area contributed by atoms with Gasteiger partial charge in [-0.1, -0.05) is 12.1 Å². The van der Waals surface area contributed by atoms with Gasteiger partial charge in [-0.25, -0.2) is 0 Å². The van der Waals surface area contributed by atoms with Crippen LogP contribution in [0.4, 0.5) is 0 Å². The zero-order chi connectivity index (χ0) is 15.9. The number of aryl methyl sites for hydroxylation is 2. The van der Waals surface area contributed by atoms with Gasteiger partial charge in [0.15, 0.2) is 0 Å². The second-order valence-electron chi connectivity index (χ2n) is 5.99. The zero-order valence-corrected chi connectivity index (χ0v) is 13.9. The number of benzene rings is 1. The molecule has 122 valence electrons. The molecule has 0 atom stereocenters. The van der Waals surface area contributed by atoms with Gasteiger partial charge in [0.05, 0.1) is 12.5 Å². The predicted octanol–water partition coefficient (Wildman–Crippen LogP) is 2.96. The SMILES string of the molecule is CCOC(=O)C1CCN(CCOc2cc(C)ccc2C)CC1. The summed E-state index contributed by atoms with van der Waals surface area (Å²) in [6.45, 7) is 9.96. The third-order valence-electron chi connectivity index (χ3n) is 4.22. The van der Waals surface area contributed by atoms with Crippen LogP contribution in [-0.4, -0.2) is 43.7 Å².